The maximum absolute atomic E-state index is 11.9. The molecule has 2 rings (SSSR count). The quantitative estimate of drug-likeness (QED) is 0.624. The minimum atomic E-state index is -0.396. The van der Waals surface area contributed by atoms with E-state index in [0.717, 1.165) is 5.56 Å². The van der Waals surface area contributed by atoms with E-state index in [9.17, 15) is 14.4 Å². The molecular weight excluding hydrogens is 272 g/mol. The third kappa shape index (κ3) is 4.68. The highest BCUT2D eigenvalue weighted by Crippen LogP contribution is 2.07. The molecule has 2 amide bonds. The Hall–Kier alpha value is -2.21. The van der Waals surface area contributed by atoms with Crippen LogP contribution in [0.1, 0.15) is 12.5 Å². The summed E-state index contributed by atoms with van der Waals surface area (Å²) in [4.78, 5) is 36.1. The van der Waals surface area contributed by atoms with Crippen LogP contribution >= 0.6 is 0 Å². The molecule has 6 heteroatoms. The first-order chi connectivity index (χ1) is 10.0. The lowest BCUT2D eigenvalue weighted by atomic mass is 10.1. The molecule has 6 nitrogen and oxygen atoms in total. The van der Waals surface area contributed by atoms with Crippen LogP contribution in [0.15, 0.2) is 30.3 Å². The topological polar surface area (TPSA) is 75.7 Å². The number of amides is 2. The van der Waals surface area contributed by atoms with Gasteiger partial charge in [0.2, 0.25) is 11.8 Å². The number of carbonyl (C=O) groups excluding carboxylic acids is 3. The molecule has 1 N–H and O–H groups in total. The highest BCUT2D eigenvalue weighted by Gasteiger charge is 2.26. The molecule has 0 aromatic heterocycles. The average molecular weight is 290 g/mol. The standard InChI is InChI=1S/C15H18N2O4/c1-11(7-17-8-13(18)16-14(19)9-17)15(20)21-10-12-5-3-2-4-6-12/h2-6,11H,7-10H2,1H3,(H,16,18,19). The Morgan fingerprint density at radius 3 is 2.48 bits per heavy atom. The molecule has 0 spiro atoms. The number of nitrogens with one attached hydrogen (secondary N) is 1. The van der Waals surface area contributed by atoms with Gasteiger partial charge in [-0.15, -0.1) is 0 Å². The number of rotatable bonds is 5. The van der Waals surface area contributed by atoms with Crippen LogP contribution in [0.5, 0.6) is 0 Å². The number of carbonyl (C=O) groups is 3. The SMILES string of the molecule is CC(CN1CC(=O)NC(=O)C1)C(=O)OCc1ccccc1. The second-order valence-electron chi connectivity index (χ2n) is 5.14. The van der Waals surface area contributed by atoms with E-state index in [2.05, 4.69) is 5.32 Å². The molecule has 0 aliphatic carbocycles. The number of esters is 1. The first-order valence-electron chi connectivity index (χ1n) is 6.80. The van der Waals surface area contributed by atoms with Crippen molar-refractivity contribution >= 4 is 17.8 Å². The Kier molecular flexibility index (Phi) is 5.05. The van der Waals surface area contributed by atoms with Gasteiger partial charge >= 0.3 is 5.97 Å². The Bertz CT molecular complexity index is 514. The molecule has 0 radical (unpaired) electrons. The number of nitrogens with zero attached hydrogens (tertiary/aromatic N) is 1. The largest absolute Gasteiger partial charge is 0.461 e. The fraction of sp³-hybridized carbons (Fsp3) is 0.400. The summed E-state index contributed by atoms with van der Waals surface area (Å²) in [5.74, 6) is -1.41. The highest BCUT2D eigenvalue weighted by atomic mass is 16.5. The normalized spacial score (nSPS) is 17.2. The number of hydrogen-bond donors (Lipinski definition) is 1. The summed E-state index contributed by atoms with van der Waals surface area (Å²) in [5.41, 5.74) is 0.922. The molecule has 1 aromatic carbocycles. The van der Waals surface area contributed by atoms with Crippen molar-refractivity contribution < 1.29 is 19.1 Å². The van der Waals surface area contributed by atoms with Crippen LogP contribution in [0, 0.1) is 5.92 Å². The van der Waals surface area contributed by atoms with E-state index in [1.54, 1.807) is 11.8 Å². The van der Waals surface area contributed by atoms with Crippen LogP contribution in [0.3, 0.4) is 0 Å². The van der Waals surface area contributed by atoms with E-state index in [0.29, 0.717) is 6.54 Å². The molecular formula is C15H18N2O4. The van der Waals surface area contributed by atoms with Crippen molar-refractivity contribution in [3.8, 4) is 0 Å². The van der Waals surface area contributed by atoms with E-state index in [1.807, 2.05) is 30.3 Å². The van der Waals surface area contributed by atoms with Crippen LogP contribution in [0.2, 0.25) is 0 Å². The molecule has 0 saturated carbocycles. The smallest absolute Gasteiger partial charge is 0.310 e. The van der Waals surface area contributed by atoms with Crippen LogP contribution in [0.4, 0.5) is 0 Å². The molecule has 1 aliphatic rings. The number of hydrogen-bond acceptors (Lipinski definition) is 5. The van der Waals surface area contributed by atoms with Crippen molar-refractivity contribution in [2.45, 2.75) is 13.5 Å². The monoisotopic (exact) mass is 290 g/mol. The fourth-order valence-electron chi connectivity index (χ4n) is 2.16. The zero-order valence-corrected chi connectivity index (χ0v) is 11.9. The van der Waals surface area contributed by atoms with Gasteiger partial charge in [0, 0.05) is 6.54 Å². The molecule has 1 aromatic rings. The molecule has 1 heterocycles. The predicted octanol–water partition coefficient (Wildman–Crippen LogP) is 0.324. The van der Waals surface area contributed by atoms with Crippen molar-refractivity contribution in [2.24, 2.45) is 5.92 Å². The summed E-state index contributed by atoms with van der Waals surface area (Å²) in [6.07, 6.45) is 0. The van der Waals surface area contributed by atoms with Crippen LogP contribution in [-0.2, 0) is 25.7 Å². The Labute approximate surface area is 123 Å². The summed E-state index contributed by atoms with van der Waals surface area (Å²) in [6.45, 7) is 2.53. The highest BCUT2D eigenvalue weighted by molar-refractivity contribution is 5.99. The van der Waals surface area contributed by atoms with E-state index >= 15 is 0 Å². The van der Waals surface area contributed by atoms with Gasteiger partial charge in [-0.3, -0.25) is 24.6 Å². The molecule has 0 bridgehead atoms. The lowest BCUT2D eigenvalue weighted by molar-refractivity contribution is -0.151. The Morgan fingerprint density at radius 2 is 1.86 bits per heavy atom. The van der Waals surface area contributed by atoms with E-state index < -0.39 is 5.92 Å². The van der Waals surface area contributed by atoms with Gasteiger partial charge in [0.1, 0.15) is 6.61 Å². The molecule has 1 saturated heterocycles. The van der Waals surface area contributed by atoms with E-state index in [-0.39, 0.29) is 37.5 Å². The summed E-state index contributed by atoms with van der Waals surface area (Å²) in [5, 5.41) is 2.22. The Morgan fingerprint density at radius 1 is 1.24 bits per heavy atom. The lowest BCUT2D eigenvalue weighted by Crippen LogP contribution is -2.52. The van der Waals surface area contributed by atoms with Crippen molar-refractivity contribution in [2.75, 3.05) is 19.6 Å². The summed E-state index contributed by atoms with van der Waals surface area (Å²) < 4.78 is 5.23. The van der Waals surface area contributed by atoms with Gasteiger partial charge in [0.15, 0.2) is 0 Å². The van der Waals surface area contributed by atoms with Crippen molar-refractivity contribution in [1.82, 2.24) is 10.2 Å². The molecule has 112 valence electrons. The average Bonchev–Trinajstić information content (AvgIpc) is 2.44. The zero-order valence-electron chi connectivity index (χ0n) is 11.9. The van der Waals surface area contributed by atoms with E-state index in [4.69, 9.17) is 4.74 Å². The molecule has 21 heavy (non-hydrogen) atoms. The van der Waals surface area contributed by atoms with Gasteiger partial charge in [-0.05, 0) is 5.56 Å². The number of imide groups is 1. The summed E-state index contributed by atoms with van der Waals surface area (Å²) >= 11 is 0. The number of piperazine rings is 1. The van der Waals surface area contributed by atoms with Gasteiger partial charge in [-0.25, -0.2) is 0 Å². The second kappa shape index (κ2) is 6.99. The minimum absolute atomic E-state index is 0.127. The summed E-state index contributed by atoms with van der Waals surface area (Å²) in [6, 6.07) is 9.42. The summed E-state index contributed by atoms with van der Waals surface area (Å²) in [7, 11) is 0. The molecule has 1 atom stereocenters. The Balaban J connectivity index is 1.79. The maximum Gasteiger partial charge on any atom is 0.310 e. The molecule has 1 fully saturated rings. The van der Waals surface area contributed by atoms with Crippen LogP contribution in [-0.4, -0.2) is 42.3 Å². The van der Waals surface area contributed by atoms with Gasteiger partial charge < -0.3 is 4.74 Å². The van der Waals surface area contributed by atoms with Gasteiger partial charge in [-0.1, -0.05) is 37.3 Å². The molecule has 1 unspecified atom stereocenters. The van der Waals surface area contributed by atoms with Gasteiger partial charge in [-0.2, -0.15) is 0 Å². The predicted molar refractivity (Wildman–Crippen MR) is 75.0 cm³/mol. The van der Waals surface area contributed by atoms with Crippen molar-refractivity contribution in [3.63, 3.8) is 0 Å². The van der Waals surface area contributed by atoms with E-state index in [1.165, 1.54) is 0 Å². The maximum atomic E-state index is 11.9. The lowest BCUT2D eigenvalue weighted by Gasteiger charge is -2.27. The second-order valence-corrected chi connectivity index (χ2v) is 5.14. The minimum Gasteiger partial charge on any atom is -0.461 e. The first kappa shape index (κ1) is 15.2. The van der Waals surface area contributed by atoms with Crippen molar-refractivity contribution in [1.29, 1.82) is 0 Å². The zero-order chi connectivity index (χ0) is 15.2. The fourth-order valence-corrected chi connectivity index (χ4v) is 2.16. The number of ether oxygens (including phenoxy) is 1. The van der Waals surface area contributed by atoms with Crippen LogP contribution < -0.4 is 5.32 Å². The third-order valence-corrected chi connectivity index (χ3v) is 3.17. The third-order valence-electron chi connectivity index (χ3n) is 3.17. The first-order valence-corrected chi connectivity index (χ1v) is 6.80. The van der Waals surface area contributed by atoms with Gasteiger partial charge in [0.25, 0.3) is 0 Å². The molecule has 1 aliphatic heterocycles. The van der Waals surface area contributed by atoms with Gasteiger partial charge in [0.05, 0.1) is 19.0 Å². The number of benzene rings is 1. The van der Waals surface area contributed by atoms with Crippen LogP contribution in [0.25, 0.3) is 0 Å². The van der Waals surface area contributed by atoms with Crippen molar-refractivity contribution in [3.05, 3.63) is 35.9 Å².